The highest BCUT2D eigenvalue weighted by Gasteiger charge is 2.18. The minimum atomic E-state index is -0.288. The second-order valence-electron chi connectivity index (χ2n) is 4.53. The summed E-state index contributed by atoms with van der Waals surface area (Å²) in [4.78, 5) is 4.33. The number of nitrogens with one attached hydrogen (secondary N) is 1. The van der Waals surface area contributed by atoms with E-state index in [-0.39, 0.29) is 11.9 Å². The van der Waals surface area contributed by atoms with Crippen LogP contribution in [0.15, 0.2) is 42.6 Å². The highest BCUT2D eigenvalue weighted by Crippen LogP contribution is 2.26. The van der Waals surface area contributed by atoms with E-state index in [1.54, 1.807) is 18.3 Å². The Hall–Kier alpha value is -1.94. The molecule has 0 saturated heterocycles. The first-order valence-corrected chi connectivity index (χ1v) is 6.74. The molecule has 0 amide bonds. The van der Waals surface area contributed by atoms with Crippen molar-refractivity contribution in [1.29, 1.82) is 0 Å². The number of halogens is 1. The zero-order chi connectivity index (χ0) is 14.4. The van der Waals surface area contributed by atoms with E-state index in [0.717, 1.165) is 18.7 Å². The molecule has 1 atom stereocenters. The summed E-state index contributed by atoms with van der Waals surface area (Å²) in [6.45, 7) is 2.87. The normalized spacial score (nSPS) is 12.2. The predicted molar refractivity (Wildman–Crippen MR) is 77.3 cm³/mol. The van der Waals surface area contributed by atoms with Gasteiger partial charge >= 0.3 is 0 Å². The molecule has 1 heterocycles. The number of methoxy groups -OCH3 is 1. The molecule has 20 heavy (non-hydrogen) atoms. The predicted octanol–water partition coefficient (Wildman–Crippen LogP) is 3.32. The van der Waals surface area contributed by atoms with Crippen molar-refractivity contribution in [3.63, 3.8) is 0 Å². The van der Waals surface area contributed by atoms with Crippen LogP contribution in [-0.4, -0.2) is 18.6 Å². The van der Waals surface area contributed by atoms with Gasteiger partial charge in [-0.1, -0.05) is 19.1 Å². The van der Waals surface area contributed by atoms with Crippen LogP contribution in [0.25, 0.3) is 0 Å². The average molecular weight is 274 g/mol. The standard InChI is InChI=1S/C16H19FN2O/c1-3-9-19-16(15-6-4-5-10-18-15)13-8-7-12(20-2)11-14(13)17/h4-8,10-11,16,19H,3,9H2,1-2H3. The monoisotopic (exact) mass is 274 g/mol. The summed E-state index contributed by atoms with van der Waals surface area (Å²) in [5.41, 5.74) is 1.39. The van der Waals surface area contributed by atoms with Gasteiger partial charge in [-0.2, -0.15) is 0 Å². The number of rotatable bonds is 6. The van der Waals surface area contributed by atoms with Crippen molar-refractivity contribution in [1.82, 2.24) is 10.3 Å². The molecule has 2 rings (SSSR count). The summed E-state index contributed by atoms with van der Waals surface area (Å²) >= 11 is 0. The Bertz CT molecular complexity index is 545. The lowest BCUT2D eigenvalue weighted by atomic mass is 10.0. The highest BCUT2D eigenvalue weighted by atomic mass is 19.1. The Balaban J connectivity index is 2.36. The number of benzene rings is 1. The van der Waals surface area contributed by atoms with Gasteiger partial charge < -0.3 is 10.1 Å². The van der Waals surface area contributed by atoms with Gasteiger partial charge in [-0.15, -0.1) is 0 Å². The van der Waals surface area contributed by atoms with Gasteiger partial charge in [0.2, 0.25) is 0 Å². The summed E-state index contributed by atoms with van der Waals surface area (Å²) in [5.74, 6) is 0.227. The van der Waals surface area contributed by atoms with E-state index in [0.29, 0.717) is 11.3 Å². The number of hydrogen-bond donors (Lipinski definition) is 1. The van der Waals surface area contributed by atoms with Crippen LogP contribution in [0.3, 0.4) is 0 Å². The van der Waals surface area contributed by atoms with Gasteiger partial charge in [0.15, 0.2) is 0 Å². The van der Waals surface area contributed by atoms with Crippen molar-refractivity contribution in [3.05, 3.63) is 59.7 Å². The molecular weight excluding hydrogens is 255 g/mol. The zero-order valence-corrected chi connectivity index (χ0v) is 11.8. The molecule has 0 fully saturated rings. The number of hydrogen-bond acceptors (Lipinski definition) is 3. The fraction of sp³-hybridized carbons (Fsp3) is 0.312. The van der Waals surface area contributed by atoms with Crippen LogP contribution in [0.2, 0.25) is 0 Å². The Kier molecular flexibility index (Phi) is 5.07. The summed E-state index contributed by atoms with van der Waals surface area (Å²) < 4.78 is 19.3. The molecule has 2 aromatic rings. The third-order valence-corrected chi connectivity index (χ3v) is 3.10. The van der Waals surface area contributed by atoms with Gasteiger partial charge in [-0.3, -0.25) is 4.98 Å². The molecule has 1 unspecified atom stereocenters. The molecule has 1 aromatic heterocycles. The summed E-state index contributed by atoms with van der Waals surface area (Å²) in [6, 6.07) is 10.3. The Labute approximate surface area is 118 Å². The van der Waals surface area contributed by atoms with E-state index < -0.39 is 0 Å². The van der Waals surface area contributed by atoms with Gasteiger partial charge in [0.25, 0.3) is 0 Å². The van der Waals surface area contributed by atoms with Crippen molar-refractivity contribution < 1.29 is 9.13 Å². The second-order valence-corrected chi connectivity index (χ2v) is 4.53. The van der Waals surface area contributed by atoms with E-state index in [1.807, 2.05) is 18.2 Å². The first-order chi connectivity index (χ1) is 9.76. The molecule has 0 aliphatic heterocycles. The Morgan fingerprint density at radius 1 is 1.30 bits per heavy atom. The summed E-state index contributed by atoms with van der Waals surface area (Å²) in [7, 11) is 1.53. The molecule has 0 aliphatic carbocycles. The third kappa shape index (κ3) is 3.33. The van der Waals surface area contributed by atoms with Crippen LogP contribution < -0.4 is 10.1 Å². The molecule has 1 N–H and O–H groups in total. The minimum absolute atomic E-state index is 0.248. The second kappa shape index (κ2) is 7.01. The van der Waals surface area contributed by atoms with Crippen molar-refractivity contribution in [3.8, 4) is 5.75 Å². The lowest BCUT2D eigenvalue weighted by molar-refractivity contribution is 0.409. The summed E-state index contributed by atoms with van der Waals surface area (Å²) in [6.07, 6.45) is 2.69. The molecule has 0 spiro atoms. The molecule has 4 heteroatoms. The van der Waals surface area contributed by atoms with Crippen LogP contribution in [0.4, 0.5) is 4.39 Å². The van der Waals surface area contributed by atoms with E-state index in [4.69, 9.17) is 4.74 Å². The van der Waals surface area contributed by atoms with Crippen molar-refractivity contribution in [2.45, 2.75) is 19.4 Å². The Morgan fingerprint density at radius 3 is 2.75 bits per heavy atom. The van der Waals surface area contributed by atoms with Crippen LogP contribution in [-0.2, 0) is 0 Å². The Morgan fingerprint density at radius 2 is 2.15 bits per heavy atom. The number of aromatic nitrogens is 1. The molecular formula is C16H19FN2O. The molecule has 0 bridgehead atoms. The van der Waals surface area contributed by atoms with Crippen molar-refractivity contribution in [2.75, 3.05) is 13.7 Å². The number of nitrogens with zero attached hydrogens (tertiary/aromatic N) is 1. The number of pyridine rings is 1. The first kappa shape index (κ1) is 14.5. The van der Waals surface area contributed by atoms with Gasteiger partial charge in [0.1, 0.15) is 11.6 Å². The topological polar surface area (TPSA) is 34.2 Å². The lowest BCUT2D eigenvalue weighted by Gasteiger charge is -2.19. The van der Waals surface area contributed by atoms with E-state index in [9.17, 15) is 4.39 Å². The van der Waals surface area contributed by atoms with E-state index in [1.165, 1.54) is 13.2 Å². The molecule has 3 nitrogen and oxygen atoms in total. The smallest absolute Gasteiger partial charge is 0.132 e. The largest absolute Gasteiger partial charge is 0.497 e. The minimum Gasteiger partial charge on any atom is -0.497 e. The molecule has 0 saturated carbocycles. The van der Waals surface area contributed by atoms with Crippen LogP contribution >= 0.6 is 0 Å². The molecule has 106 valence electrons. The lowest BCUT2D eigenvalue weighted by Crippen LogP contribution is -2.25. The van der Waals surface area contributed by atoms with E-state index >= 15 is 0 Å². The average Bonchev–Trinajstić information content (AvgIpc) is 2.50. The van der Waals surface area contributed by atoms with Gasteiger partial charge in [-0.25, -0.2) is 4.39 Å². The maximum atomic E-state index is 14.3. The van der Waals surface area contributed by atoms with Gasteiger partial charge in [0.05, 0.1) is 18.8 Å². The number of ether oxygens (including phenoxy) is 1. The van der Waals surface area contributed by atoms with Gasteiger partial charge in [-0.05, 0) is 31.2 Å². The highest BCUT2D eigenvalue weighted by molar-refractivity contribution is 5.34. The third-order valence-electron chi connectivity index (χ3n) is 3.10. The van der Waals surface area contributed by atoms with Crippen LogP contribution in [0.1, 0.15) is 30.6 Å². The quantitative estimate of drug-likeness (QED) is 0.877. The molecule has 0 aliphatic rings. The zero-order valence-electron chi connectivity index (χ0n) is 11.8. The van der Waals surface area contributed by atoms with Gasteiger partial charge in [0, 0.05) is 17.8 Å². The van der Waals surface area contributed by atoms with Crippen LogP contribution in [0, 0.1) is 5.82 Å². The van der Waals surface area contributed by atoms with Crippen molar-refractivity contribution >= 4 is 0 Å². The first-order valence-electron chi connectivity index (χ1n) is 6.74. The fourth-order valence-corrected chi connectivity index (χ4v) is 2.08. The van der Waals surface area contributed by atoms with Crippen LogP contribution in [0.5, 0.6) is 5.75 Å². The maximum absolute atomic E-state index is 14.3. The maximum Gasteiger partial charge on any atom is 0.132 e. The molecule has 1 aromatic carbocycles. The fourth-order valence-electron chi connectivity index (χ4n) is 2.08. The SMILES string of the molecule is CCCNC(c1ccccn1)c1ccc(OC)cc1F. The molecule has 0 radical (unpaired) electrons. The summed E-state index contributed by atoms with van der Waals surface area (Å²) in [5, 5.41) is 3.34. The van der Waals surface area contributed by atoms with E-state index in [2.05, 4.69) is 17.2 Å². The van der Waals surface area contributed by atoms with Crippen molar-refractivity contribution in [2.24, 2.45) is 0 Å².